The Morgan fingerprint density at radius 3 is 2.78 bits per heavy atom. The fraction of sp³-hybridized carbons (Fsp3) is 0.348. The van der Waals surface area contributed by atoms with Gasteiger partial charge in [-0.1, -0.05) is 6.08 Å². The summed E-state index contributed by atoms with van der Waals surface area (Å²) in [6, 6.07) is 6.88. The van der Waals surface area contributed by atoms with Gasteiger partial charge in [-0.2, -0.15) is 10.4 Å². The SMILES string of the molecule is CC1(Oc2ccc(-c3nn([C@H]4CCCN(C#N)C4)c(N)c3C(N)=O)cc2)C=CC=C(F)C1. The van der Waals surface area contributed by atoms with E-state index in [0.717, 1.165) is 12.8 Å². The van der Waals surface area contributed by atoms with Crippen LogP contribution in [0.3, 0.4) is 0 Å². The van der Waals surface area contributed by atoms with Crippen LogP contribution in [0, 0.1) is 11.5 Å². The van der Waals surface area contributed by atoms with Gasteiger partial charge in [0.2, 0.25) is 0 Å². The van der Waals surface area contributed by atoms with Crippen LogP contribution in [-0.2, 0) is 0 Å². The number of rotatable bonds is 5. The topological polar surface area (TPSA) is 123 Å². The summed E-state index contributed by atoms with van der Waals surface area (Å²) < 4.78 is 21.3. The van der Waals surface area contributed by atoms with Gasteiger partial charge in [0.25, 0.3) is 5.91 Å². The van der Waals surface area contributed by atoms with E-state index in [-0.39, 0.29) is 29.7 Å². The van der Waals surface area contributed by atoms with Crippen molar-refractivity contribution in [1.29, 1.82) is 5.26 Å². The summed E-state index contributed by atoms with van der Waals surface area (Å²) in [7, 11) is 0. The molecular weight excluding hydrogens is 411 g/mol. The van der Waals surface area contributed by atoms with Crippen LogP contribution in [0.2, 0.25) is 0 Å². The highest BCUT2D eigenvalue weighted by Crippen LogP contribution is 2.34. The molecule has 1 saturated heterocycles. The van der Waals surface area contributed by atoms with Crippen LogP contribution in [0.1, 0.15) is 42.6 Å². The number of amides is 1. The Balaban J connectivity index is 1.62. The first-order valence-corrected chi connectivity index (χ1v) is 10.5. The summed E-state index contributed by atoms with van der Waals surface area (Å²) in [5.74, 6) is -0.157. The number of nitrogen functional groups attached to an aromatic ring is 1. The molecule has 0 spiro atoms. The molecule has 2 aliphatic rings. The second-order valence-corrected chi connectivity index (χ2v) is 8.35. The molecule has 1 fully saturated rings. The van der Waals surface area contributed by atoms with Gasteiger partial charge in [-0.25, -0.2) is 9.07 Å². The van der Waals surface area contributed by atoms with Crippen LogP contribution in [0.25, 0.3) is 11.3 Å². The zero-order valence-corrected chi connectivity index (χ0v) is 17.8. The fourth-order valence-electron chi connectivity index (χ4n) is 4.25. The van der Waals surface area contributed by atoms with Crippen molar-refractivity contribution < 1.29 is 13.9 Å². The molecule has 9 heteroatoms. The van der Waals surface area contributed by atoms with E-state index in [1.165, 1.54) is 6.08 Å². The molecule has 1 aliphatic carbocycles. The van der Waals surface area contributed by atoms with Crippen molar-refractivity contribution in [3.8, 4) is 23.2 Å². The van der Waals surface area contributed by atoms with Gasteiger partial charge >= 0.3 is 0 Å². The molecule has 1 aromatic heterocycles. The van der Waals surface area contributed by atoms with Crippen molar-refractivity contribution in [2.75, 3.05) is 18.8 Å². The molecule has 2 aromatic rings. The number of hydrogen-bond donors (Lipinski definition) is 2. The normalized spacial score (nSPS) is 22.8. The maximum Gasteiger partial charge on any atom is 0.254 e. The lowest BCUT2D eigenvalue weighted by Gasteiger charge is -2.29. The number of piperidine rings is 1. The molecule has 166 valence electrons. The molecule has 1 unspecified atom stereocenters. The molecule has 4 N–H and O–H groups in total. The number of benzene rings is 1. The first-order valence-electron chi connectivity index (χ1n) is 10.5. The highest BCUT2D eigenvalue weighted by atomic mass is 19.1. The number of allylic oxidation sites excluding steroid dienone is 2. The smallest absolute Gasteiger partial charge is 0.254 e. The number of likely N-dealkylation sites (tertiary alicyclic amines) is 1. The van der Waals surface area contributed by atoms with Gasteiger partial charge in [-0.15, -0.1) is 0 Å². The second-order valence-electron chi connectivity index (χ2n) is 8.35. The van der Waals surface area contributed by atoms with E-state index in [1.807, 2.05) is 13.0 Å². The lowest BCUT2D eigenvalue weighted by atomic mass is 9.96. The van der Waals surface area contributed by atoms with Gasteiger partial charge in [-0.3, -0.25) is 4.79 Å². The predicted molar refractivity (Wildman–Crippen MR) is 118 cm³/mol. The number of primary amides is 1. The highest BCUT2D eigenvalue weighted by Gasteiger charge is 2.29. The molecule has 2 atom stereocenters. The summed E-state index contributed by atoms with van der Waals surface area (Å²) in [4.78, 5) is 13.8. The minimum Gasteiger partial charge on any atom is -0.483 e. The van der Waals surface area contributed by atoms with E-state index in [2.05, 4.69) is 11.3 Å². The molecule has 4 rings (SSSR count). The number of nitrogens with zero attached hydrogens (tertiary/aromatic N) is 4. The number of ether oxygens (including phenoxy) is 1. The molecular formula is C23H25FN6O2. The number of aromatic nitrogens is 2. The van der Waals surface area contributed by atoms with Crippen molar-refractivity contribution in [3.63, 3.8) is 0 Å². The summed E-state index contributed by atoms with van der Waals surface area (Å²) >= 11 is 0. The lowest BCUT2D eigenvalue weighted by Crippen LogP contribution is -2.34. The molecule has 1 amide bonds. The zero-order valence-electron chi connectivity index (χ0n) is 17.8. The van der Waals surface area contributed by atoms with Crippen LogP contribution in [0.5, 0.6) is 5.75 Å². The van der Waals surface area contributed by atoms with Crippen molar-refractivity contribution in [3.05, 3.63) is 53.9 Å². The van der Waals surface area contributed by atoms with Gasteiger partial charge in [0, 0.05) is 18.5 Å². The van der Waals surface area contributed by atoms with E-state index < -0.39 is 11.5 Å². The molecule has 0 radical (unpaired) electrons. The Bertz CT molecular complexity index is 1130. The Hall–Kier alpha value is -3.80. The standard InChI is InChI=1S/C23H25FN6O2/c1-23(10-2-4-16(24)12-23)32-18-8-6-15(7-9-18)20-19(22(27)31)21(26)30(28-20)17-5-3-11-29(13-17)14-25/h2,4,6-10,17H,3,5,11-13,26H2,1H3,(H2,27,31)/t17-,23?/m0/s1. The highest BCUT2D eigenvalue weighted by molar-refractivity contribution is 6.03. The molecule has 0 bridgehead atoms. The quantitative estimate of drug-likeness (QED) is 0.693. The minimum atomic E-state index is -0.779. The first-order chi connectivity index (χ1) is 15.3. The first kappa shape index (κ1) is 21.4. The van der Waals surface area contributed by atoms with Gasteiger partial charge in [-0.05, 0) is 56.2 Å². The number of carbonyl (C=O) groups excluding carboxylic acids is 1. The molecule has 0 saturated carbocycles. The summed E-state index contributed by atoms with van der Waals surface area (Å²) in [6.07, 6.45) is 8.81. The maximum atomic E-state index is 13.7. The monoisotopic (exact) mass is 436 g/mol. The molecule has 1 aliphatic heterocycles. The molecule has 2 heterocycles. The average molecular weight is 436 g/mol. The van der Waals surface area contributed by atoms with Gasteiger partial charge in [0.1, 0.15) is 34.3 Å². The van der Waals surface area contributed by atoms with Crippen LogP contribution in [0.15, 0.2) is 48.3 Å². The Morgan fingerprint density at radius 2 is 2.12 bits per heavy atom. The second kappa shape index (κ2) is 8.38. The van der Waals surface area contributed by atoms with E-state index in [4.69, 9.17) is 16.2 Å². The predicted octanol–water partition coefficient (Wildman–Crippen LogP) is 3.30. The van der Waals surface area contributed by atoms with Crippen molar-refractivity contribution >= 4 is 11.7 Å². The van der Waals surface area contributed by atoms with Crippen LogP contribution in [0.4, 0.5) is 10.2 Å². The summed E-state index contributed by atoms with van der Waals surface area (Å²) in [5, 5.41) is 13.8. The van der Waals surface area contributed by atoms with Crippen LogP contribution >= 0.6 is 0 Å². The largest absolute Gasteiger partial charge is 0.483 e. The molecule has 1 aromatic carbocycles. The maximum absolute atomic E-state index is 13.7. The molecule has 8 nitrogen and oxygen atoms in total. The van der Waals surface area contributed by atoms with Gasteiger partial charge in [0.15, 0.2) is 6.19 Å². The zero-order chi connectivity index (χ0) is 22.9. The number of hydrogen-bond acceptors (Lipinski definition) is 6. The summed E-state index contributed by atoms with van der Waals surface area (Å²) in [6.45, 7) is 2.98. The number of nitriles is 1. The van der Waals surface area contributed by atoms with Crippen molar-refractivity contribution in [2.45, 2.75) is 37.8 Å². The third-order valence-electron chi connectivity index (χ3n) is 5.80. The number of anilines is 1. The van der Waals surface area contributed by atoms with Crippen molar-refractivity contribution in [1.82, 2.24) is 14.7 Å². The Labute approximate surface area is 185 Å². The average Bonchev–Trinajstić information content (AvgIpc) is 3.11. The van der Waals surface area contributed by atoms with E-state index in [1.54, 1.807) is 39.9 Å². The Morgan fingerprint density at radius 1 is 1.38 bits per heavy atom. The van der Waals surface area contributed by atoms with E-state index in [9.17, 15) is 14.4 Å². The van der Waals surface area contributed by atoms with Gasteiger partial charge < -0.3 is 21.1 Å². The Kier molecular flexibility index (Phi) is 5.61. The van der Waals surface area contributed by atoms with E-state index in [0.29, 0.717) is 30.1 Å². The lowest BCUT2D eigenvalue weighted by molar-refractivity contribution is 0.100. The summed E-state index contributed by atoms with van der Waals surface area (Å²) in [5.41, 5.74) is 12.3. The third kappa shape index (κ3) is 4.17. The van der Waals surface area contributed by atoms with E-state index >= 15 is 0 Å². The van der Waals surface area contributed by atoms with Crippen molar-refractivity contribution in [2.24, 2.45) is 5.73 Å². The number of nitrogens with two attached hydrogens (primary N) is 2. The van der Waals surface area contributed by atoms with Crippen LogP contribution in [-0.4, -0.2) is 39.3 Å². The fourth-order valence-corrected chi connectivity index (χ4v) is 4.25. The van der Waals surface area contributed by atoms with Gasteiger partial charge in [0.05, 0.1) is 12.6 Å². The number of carbonyl (C=O) groups is 1. The third-order valence-corrected chi connectivity index (χ3v) is 5.80. The number of halogens is 1. The molecule has 32 heavy (non-hydrogen) atoms. The van der Waals surface area contributed by atoms with Crippen LogP contribution < -0.4 is 16.2 Å². The minimum absolute atomic E-state index is 0.126.